The number of nitrogens with zero attached hydrogens (tertiary/aromatic N) is 3. The van der Waals surface area contributed by atoms with Gasteiger partial charge in [-0.2, -0.15) is 0 Å². The van der Waals surface area contributed by atoms with E-state index in [0.717, 1.165) is 37.0 Å². The molecule has 5 saturated heterocycles. The molecule has 98 heavy (non-hydrogen) atoms. The van der Waals surface area contributed by atoms with Gasteiger partial charge in [-0.15, -0.1) is 0 Å². The van der Waals surface area contributed by atoms with Crippen molar-refractivity contribution >= 4 is 47.4 Å². The second-order valence-electron chi connectivity index (χ2n) is 25.6. The summed E-state index contributed by atoms with van der Waals surface area (Å²) in [6, 6.07) is 1.11. The fourth-order valence-corrected chi connectivity index (χ4v) is 13.4. The lowest BCUT2D eigenvalue weighted by atomic mass is 9.88. The van der Waals surface area contributed by atoms with Crippen molar-refractivity contribution in [3.05, 3.63) is 65.7 Å². The van der Waals surface area contributed by atoms with Gasteiger partial charge < -0.3 is 148 Å². The molecular weight excluding hydrogens is 1300 g/mol. The Balaban J connectivity index is 0.907. The van der Waals surface area contributed by atoms with Gasteiger partial charge in [0.25, 0.3) is 0 Å². The number of carbonyl (C=O) groups is 6. The Bertz CT molecular complexity index is 3140. The van der Waals surface area contributed by atoms with Crippen LogP contribution in [0.25, 0.3) is 0 Å². The summed E-state index contributed by atoms with van der Waals surface area (Å²) in [7, 11) is 0. The van der Waals surface area contributed by atoms with Crippen LogP contribution >= 0.6 is 0 Å². The highest BCUT2D eigenvalue weighted by molar-refractivity contribution is 5.98. The predicted molar refractivity (Wildman–Crippen MR) is 331 cm³/mol. The first-order chi connectivity index (χ1) is 46.9. The number of nitrogens with two attached hydrogens (primary N) is 2. The number of hydrogen-bond donors (Lipinski definition) is 21. The van der Waals surface area contributed by atoms with E-state index in [1.807, 2.05) is 0 Å². The highest BCUT2D eigenvalue weighted by Gasteiger charge is 2.56. The number of carbonyl (C=O) groups excluding carboxylic acids is 6. The van der Waals surface area contributed by atoms with E-state index in [0.29, 0.717) is 5.56 Å². The Morgan fingerprint density at radius 2 is 1.27 bits per heavy atom. The van der Waals surface area contributed by atoms with Crippen molar-refractivity contribution in [2.45, 2.75) is 204 Å². The lowest BCUT2D eigenvalue weighted by molar-refractivity contribution is -0.386. The summed E-state index contributed by atoms with van der Waals surface area (Å²) >= 11 is 0. The summed E-state index contributed by atoms with van der Waals surface area (Å²) < 4.78 is 41.6. The monoisotopic (exact) mass is 1390 g/mol. The molecule has 8 aliphatic rings. The Labute approximate surface area is 560 Å². The van der Waals surface area contributed by atoms with Gasteiger partial charge in [-0.1, -0.05) is 68.7 Å². The zero-order valence-corrected chi connectivity index (χ0v) is 53.1. The van der Waals surface area contributed by atoms with Gasteiger partial charge in [0.15, 0.2) is 30.7 Å². The van der Waals surface area contributed by atoms with Crippen LogP contribution in [0.15, 0.2) is 64.6 Å². The van der Waals surface area contributed by atoms with E-state index in [4.69, 9.17) is 44.6 Å². The van der Waals surface area contributed by atoms with Crippen molar-refractivity contribution in [1.82, 2.24) is 42.1 Å². The number of ether oxygens (including phenoxy) is 7. The number of aliphatic imine (C=N–C) groups is 2. The molecule has 10 rings (SSSR count). The first-order valence-corrected chi connectivity index (χ1v) is 32.5. The van der Waals surface area contributed by atoms with Crippen molar-refractivity contribution in [2.24, 2.45) is 27.4 Å². The standard InChI is InChI=1S/C61H88N12O25/c1-24(26-8-4-2-5-9-26)37-53(89)67-29(16-25-12-14-28(15-13-25)93-58-47(85)44(82)49(34(22-76)95-58)98-59-48(86)45(83)50-35(96-59)23-92-57(97-50)27-10-6-3-7-11-27)52(88)71-38(40(78)30-17-65-60(62)69-30)55(91)72-39(54(90)68-31(20-74)51(87)64-19-36(77)70-37)41(79)32-18-66-61(63)73(32)56-46(84)43(81)42(80)33(21-75)94-56/h2,4-5,8-9,12-15,24,27,29-35,37-50,56-59,74-76,78-86H,3,6-7,10-11,16-23H2,1H3,(H2,63,66)(H,64,87)(H,67,89)(H,68,90)(H,70,77)(H,71,88)(H,72,91)(H3,62,65,69)/t24?,29-,30?,31-,32?,33+,34+,35+,37?,38?,39?,40?,41?,42+,43-,44+,45+,46-,47-,48-,49+,50+,56?,57?,58-,59+/m0/s1. The van der Waals surface area contributed by atoms with E-state index in [9.17, 15) is 80.5 Å². The van der Waals surface area contributed by atoms with Gasteiger partial charge in [0.2, 0.25) is 41.7 Å². The molecule has 1 aliphatic carbocycles. The normalized spacial score (nSPS) is 38.3. The van der Waals surface area contributed by atoms with Crippen LogP contribution in [0.3, 0.4) is 0 Å². The molecule has 0 aromatic heterocycles. The van der Waals surface area contributed by atoms with Gasteiger partial charge in [-0.25, -0.2) is 0 Å². The topological polar surface area (TPSA) is 574 Å². The molecule has 0 radical (unpaired) electrons. The zero-order valence-electron chi connectivity index (χ0n) is 53.1. The van der Waals surface area contributed by atoms with E-state index in [2.05, 4.69) is 47.2 Å². The number of guanidine groups is 2. The molecule has 1 saturated carbocycles. The molecule has 26 atom stereocenters. The van der Waals surface area contributed by atoms with Gasteiger partial charge in [-0.3, -0.25) is 38.8 Å². The smallest absolute Gasteiger partial charge is 0.246 e. The minimum Gasteiger partial charge on any atom is -0.462 e. The van der Waals surface area contributed by atoms with Gasteiger partial charge >= 0.3 is 0 Å². The highest BCUT2D eigenvalue weighted by atomic mass is 16.8. The molecule has 0 bridgehead atoms. The molecule has 6 amide bonds. The second kappa shape index (κ2) is 32.5. The Morgan fingerprint density at radius 1 is 0.612 bits per heavy atom. The van der Waals surface area contributed by atoms with Crippen LogP contribution in [0, 0.1) is 5.92 Å². The fourth-order valence-electron chi connectivity index (χ4n) is 13.4. The summed E-state index contributed by atoms with van der Waals surface area (Å²) in [4.78, 5) is 96.5. The molecule has 37 nitrogen and oxygen atoms in total. The molecule has 10 unspecified atom stereocenters. The molecule has 6 fully saturated rings. The molecular formula is C61H88N12O25. The molecule has 542 valence electrons. The molecule has 2 aromatic carbocycles. The number of amides is 6. The third kappa shape index (κ3) is 16.4. The molecule has 2 aromatic rings. The van der Waals surface area contributed by atoms with Crippen LogP contribution < -0.4 is 53.4 Å². The first-order valence-electron chi connectivity index (χ1n) is 32.5. The number of fused-ring (bicyclic) bond motifs is 1. The summed E-state index contributed by atoms with van der Waals surface area (Å²) in [5.41, 5.74) is 12.9. The SMILES string of the molecule is CC(c1ccccc1)C1NC(=O)CNC(=O)[C@H](CO)NC(=O)C(C(O)C2CN=C(N)N2C2O[C@H](CO)[C@@H](O)[C@H](O)[C@@H]2O)NC(=O)C(C(O)C2CN=C(N)N2)NC(=O)[C@H](Cc2ccc(O[C@H]3O[C@H](CO)[C@@H](O[C@H]4O[C@@H]5COC(C6CCCCC6)O[C@H]5[C@H](O)[C@@H]4O)[C@H](O)[C@@H]3O)cc2)NC1=O. The van der Waals surface area contributed by atoms with Crippen LogP contribution in [0.5, 0.6) is 5.75 Å². The number of hydrogen-bond acceptors (Lipinski definition) is 31. The van der Waals surface area contributed by atoms with Crippen molar-refractivity contribution < 1.29 is 123 Å². The highest BCUT2D eigenvalue weighted by Crippen LogP contribution is 2.38. The number of aliphatic hydroxyl groups excluding tert-OH is 12. The Morgan fingerprint density at radius 3 is 1.94 bits per heavy atom. The third-order valence-electron chi connectivity index (χ3n) is 19.1. The average molecular weight is 1390 g/mol. The first kappa shape index (κ1) is 73.6. The lowest BCUT2D eigenvalue weighted by Crippen LogP contribution is -2.70. The van der Waals surface area contributed by atoms with Crippen molar-refractivity contribution in [1.29, 1.82) is 0 Å². The van der Waals surface area contributed by atoms with E-state index in [1.165, 1.54) is 24.3 Å². The van der Waals surface area contributed by atoms with E-state index in [-0.39, 0.29) is 36.3 Å². The molecule has 7 heterocycles. The van der Waals surface area contributed by atoms with E-state index < -0.39 is 239 Å². The van der Waals surface area contributed by atoms with Gasteiger partial charge in [-0.05, 0) is 36.1 Å². The maximum atomic E-state index is 15.2. The number of rotatable bonds is 17. The summed E-state index contributed by atoms with van der Waals surface area (Å²) in [6.07, 6.45) is -25.0. The minimum atomic E-state index is -2.34. The zero-order chi connectivity index (χ0) is 70.4. The molecule has 23 N–H and O–H groups in total. The molecule has 0 spiro atoms. The largest absolute Gasteiger partial charge is 0.462 e. The van der Waals surface area contributed by atoms with Crippen molar-refractivity contribution in [3.8, 4) is 5.75 Å². The average Bonchev–Trinajstić information content (AvgIpc) is 1.29. The van der Waals surface area contributed by atoms with Crippen molar-refractivity contribution in [3.63, 3.8) is 0 Å². The van der Waals surface area contributed by atoms with E-state index >= 15 is 9.59 Å². The fraction of sp³-hybridized carbons (Fsp3) is 0.672. The van der Waals surface area contributed by atoms with E-state index in [1.54, 1.807) is 37.3 Å². The van der Waals surface area contributed by atoms with Gasteiger partial charge in [0.05, 0.1) is 58.1 Å². The number of aliphatic hydroxyl groups is 12. The molecule has 37 heteroatoms. The van der Waals surface area contributed by atoms with Gasteiger partial charge in [0.1, 0.15) is 121 Å². The third-order valence-corrected chi connectivity index (χ3v) is 19.1. The maximum absolute atomic E-state index is 15.2. The maximum Gasteiger partial charge on any atom is 0.246 e. The minimum absolute atomic E-state index is 0.00461. The number of benzene rings is 2. The molecule has 7 aliphatic heterocycles. The number of nitrogens with one attached hydrogen (secondary N) is 7. The van der Waals surface area contributed by atoms with Crippen molar-refractivity contribution in [2.75, 3.05) is 46.1 Å². The Hall–Kier alpha value is -7.12. The predicted octanol–water partition coefficient (Wildman–Crippen LogP) is -10.6. The van der Waals surface area contributed by atoms with Crippen LogP contribution in [0.1, 0.15) is 56.1 Å². The van der Waals surface area contributed by atoms with Gasteiger partial charge in [0, 0.05) is 18.3 Å². The van der Waals surface area contributed by atoms with Crippen LogP contribution in [0.2, 0.25) is 0 Å². The lowest BCUT2D eigenvalue weighted by Gasteiger charge is -2.49. The van der Waals surface area contributed by atoms with Crippen LogP contribution in [0.4, 0.5) is 0 Å². The summed E-state index contributed by atoms with van der Waals surface area (Å²) in [5, 5.41) is 150. The van der Waals surface area contributed by atoms with Crippen LogP contribution in [-0.4, -0.2) is 312 Å². The van der Waals surface area contributed by atoms with Crippen LogP contribution in [-0.2, 0) is 63.6 Å². The summed E-state index contributed by atoms with van der Waals surface area (Å²) in [6.45, 7) is -3.04. The quantitative estimate of drug-likeness (QED) is 0.0699. The second-order valence-corrected chi connectivity index (χ2v) is 25.6. The Kier molecular flexibility index (Phi) is 24.4. The summed E-state index contributed by atoms with van der Waals surface area (Å²) in [5.74, 6) is -8.74.